The van der Waals surface area contributed by atoms with Crippen LogP contribution < -0.4 is 11.2 Å². The van der Waals surface area contributed by atoms with Crippen LogP contribution in [0.4, 0.5) is 0 Å². The third-order valence-corrected chi connectivity index (χ3v) is 2.46. The van der Waals surface area contributed by atoms with E-state index >= 15 is 0 Å². The Kier molecular flexibility index (Phi) is 3.84. The van der Waals surface area contributed by atoms with E-state index < -0.39 is 17.2 Å². The molecule has 0 fully saturated rings. The minimum atomic E-state index is -1.11. The first-order chi connectivity index (χ1) is 9.99. The number of nitrogens with one attached hydrogen (secondary N) is 3. The smallest absolute Gasteiger partial charge is 0.339 e. The van der Waals surface area contributed by atoms with Crippen LogP contribution in [0.3, 0.4) is 0 Å². The minimum absolute atomic E-state index is 0.0671. The zero-order valence-corrected chi connectivity index (χ0v) is 10.5. The number of nitrogens with zero attached hydrogens (tertiary/aromatic N) is 1. The molecule has 0 radical (unpaired) electrons. The maximum atomic E-state index is 10.9. The van der Waals surface area contributed by atoms with Crippen LogP contribution >= 0.6 is 0 Å². The summed E-state index contributed by atoms with van der Waals surface area (Å²) in [7, 11) is 0. The van der Waals surface area contributed by atoms with Crippen LogP contribution in [0.25, 0.3) is 11.2 Å². The minimum Gasteiger partial charge on any atom is -0.507 e. The molecule has 3 aromatic rings. The lowest BCUT2D eigenvalue weighted by atomic mass is 10.2. The number of carboxylic acids is 1. The lowest BCUT2D eigenvalue weighted by Gasteiger charge is -1.95. The number of carbonyl (C=O) groups is 1. The van der Waals surface area contributed by atoms with E-state index in [1.807, 2.05) is 0 Å². The van der Waals surface area contributed by atoms with Gasteiger partial charge in [0.05, 0.1) is 6.33 Å². The van der Waals surface area contributed by atoms with E-state index in [0.717, 1.165) is 0 Å². The molecule has 5 N–H and O–H groups in total. The summed E-state index contributed by atoms with van der Waals surface area (Å²) in [5.41, 5.74) is -0.512. The second-order valence-corrected chi connectivity index (χ2v) is 3.86. The van der Waals surface area contributed by atoms with Crippen molar-refractivity contribution in [1.82, 2.24) is 19.9 Å². The third-order valence-electron chi connectivity index (χ3n) is 2.46. The van der Waals surface area contributed by atoms with Crippen LogP contribution in [0.5, 0.6) is 5.75 Å². The van der Waals surface area contributed by atoms with Gasteiger partial charge in [-0.1, -0.05) is 12.1 Å². The Morgan fingerprint density at radius 1 is 1.14 bits per heavy atom. The first kappa shape index (κ1) is 14.1. The average molecular weight is 290 g/mol. The van der Waals surface area contributed by atoms with Gasteiger partial charge in [-0.2, -0.15) is 0 Å². The van der Waals surface area contributed by atoms with Gasteiger partial charge < -0.3 is 15.2 Å². The molecule has 0 spiro atoms. The number of benzene rings is 1. The van der Waals surface area contributed by atoms with Crippen molar-refractivity contribution in [1.29, 1.82) is 0 Å². The molecule has 0 aliphatic rings. The number of aromatic carboxylic acids is 1. The van der Waals surface area contributed by atoms with Crippen molar-refractivity contribution in [3.05, 3.63) is 57.0 Å². The number of aromatic nitrogens is 4. The molecule has 0 atom stereocenters. The van der Waals surface area contributed by atoms with Crippen molar-refractivity contribution < 1.29 is 15.0 Å². The zero-order chi connectivity index (χ0) is 15.4. The number of hydrogen-bond donors (Lipinski definition) is 5. The van der Waals surface area contributed by atoms with E-state index in [4.69, 9.17) is 10.2 Å². The monoisotopic (exact) mass is 290 g/mol. The van der Waals surface area contributed by atoms with E-state index in [-0.39, 0.29) is 22.5 Å². The molecule has 0 unspecified atom stereocenters. The summed E-state index contributed by atoms with van der Waals surface area (Å²) in [5.74, 6) is -1.31. The molecular formula is C12H10N4O5. The van der Waals surface area contributed by atoms with Crippen LogP contribution in [-0.4, -0.2) is 36.1 Å². The number of para-hydroxylation sites is 1. The van der Waals surface area contributed by atoms with Gasteiger partial charge in [-0.05, 0) is 12.1 Å². The highest BCUT2D eigenvalue weighted by molar-refractivity contribution is 5.90. The molecule has 0 aliphatic heterocycles. The number of imidazole rings is 1. The second kappa shape index (κ2) is 5.74. The highest BCUT2D eigenvalue weighted by Gasteiger charge is 2.05. The Morgan fingerprint density at radius 2 is 1.86 bits per heavy atom. The summed E-state index contributed by atoms with van der Waals surface area (Å²) in [6.45, 7) is 0. The standard InChI is InChI=1S/C7H6O3.C5H4N4O2/c8-6-4-2-1-3-5(6)7(9)10;10-4-2-3(7-1-6-2)8-5(11)9-4/h1-4,8H,(H,9,10);1H,(H3,6,7,8,9,10,11). The number of hydrogen-bond acceptors (Lipinski definition) is 5. The predicted molar refractivity (Wildman–Crippen MR) is 72.4 cm³/mol. The highest BCUT2D eigenvalue weighted by Crippen LogP contribution is 2.14. The van der Waals surface area contributed by atoms with Crippen LogP contribution in [0.1, 0.15) is 10.4 Å². The lowest BCUT2D eigenvalue weighted by Crippen LogP contribution is -2.21. The first-order valence-corrected chi connectivity index (χ1v) is 5.66. The van der Waals surface area contributed by atoms with Gasteiger partial charge in [0.1, 0.15) is 16.8 Å². The molecule has 0 aliphatic carbocycles. The van der Waals surface area contributed by atoms with Gasteiger partial charge in [0, 0.05) is 0 Å². The Morgan fingerprint density at radius 3 is 2.48 bits per heavy atom. The van der Waals surface area contributed by atoms with Gasteiger partial charge in [0.25, 0.3) is 5.56 Å². The van der Waals surface area contributed by atoms with E-state index in [1.165, 1.54) is 18.5 Å². The average Bonchev–Trinajstić information content (AvgIpc) is 2.88. The number of carboxylic acid groups (broad SMARTS) is 1. The summed E-state index contributed by atoms with van der Waals surface area (Å²) in [6, 6.07) is 5.81. The largest absolute Gasteiger partial charge is 0.507 e. The number of aromatic hydroxyl groups is 1. The van der Waals surface area contributed by atoms with Crippen LogP contribution in [0.2, 0.25) is 0 Å². The van der Waals surface area contributed by atoms with Crippen LogP contribution in [0, 0.1) is 0 Å². The molecule has 2 aromatic heterocycles. The fourth-order valence-electron chi connectivity index (χ4n) is 1.52. The van der Waals surface area contributed by atoms with Crippen molar-refractivity contribution in [2.75, 3.05) is 0 Å². The van der Waals surface area contributed by atoms with Crippen molar-refractivity contribution in [3.8, 4) is 5.75 Å². The fourth-order valence-corrected chi connectivity index (χ4v) is 1.52. The zero-order valence-electron chi connectivity index (χ0n) is 10.5. The summed E-state index contributed by atoms with van der Waals surface area (Å²) in [4.78, 5) is 42.5. The van der Waals surface area contributed by atoms with E-state index in [1.54, 1.807) is 12.1 Å². The molecule has 0 bridgehead atoms. The topological polar surface area (TPSA) is 152 Å². The molecule has 0 saturated carbocycles. The Balaban J connectivity index is 0.000000155. The normalized spacial score (nSPS) is 9.90. The number of fused-ring (bicyclic) bond motifs is 1. The molecule has 2 heterocycles. The summed E-state index contributed by atoms with van der Waals surface area (Å²) in [6.07, 6.45) is 1.34. The van der Waals surface area contributed by atoms with Crippen molar-refractivity contribution >= 4 is 17.1 Å². The van der Waals surface area contributed by atoms with Gasteiger partial charge in [-0.25, -0.2) is 14.6 Å². The Labute approximate surface area is 115 Å². The van der Waals surface area contributed by atoms with Crippen LogP contribution in [-0.2, 0) is 0 Å². The molecule has 3 rings (SSSR count). The first-order valence-electron chi connectivity index (χ1n) is 5.66. The molecule has 0 saturated heterocycles. The Hall–Kier alpha value is -3.36. The number of H-pyrrole nitrogens is 3. The van der Waals surface area contributed by atoms with Gasteiger partial charge >= 0.3 is 11.7 Å². The Bertz CT molecular complexity index is 892. The van der Waals surface area contributed by atoms with Crippen molar-refractivity contribution in [2.45, 2.75) is 0 Å². The molecule has 9 nitrogen and oxygen atoms in total. The van der Waals surface area contributed by atoms with Crippen LogP contribution in [0.15, 0.2) is 40.2 Å². The van der Waals surface area contributed by atoms with Gasteiger partial charge in [0.15, 0.2) is 5.65 Å². The molecule has 9 heteroatoms. The molecule has 1 aromatic carbocycles. The molecule has 21 heavy (non-hydrogen) atoms. The predicted octanol–water partition coefficient (Wildman–Crippen LogP) is 0.0299. The maximum Gasteiger partial charge on any atom is 0.339 e. The maximum absolute atomic E-state index is 10.9. The summed E-state index contributed by atoms with van der Waals surface area (Å²) >= 11 is 0. The van der Waals surface area contributed by atoms with E-state index in [0.29, 0.717) is 0 Å². The molecule has 0 amide bonds. The lowest BCUT2D eigenvalue weighted by molar-refractivity contribution is 0.0693. The number of aromatic amines is 3. The SMILES string of the molecule is O=C(O)c1ccccc1O.O=c1[nH]c(=O)c2[nH]cnc2[nH]1. The summed E-state index contributed by atoms with van der Waals surface area (Å²) in [5, 5.41) is 17.3. The van der Waals surface area contributed by atoms with E-state index in [9.17, 15) is 14.4 Å². The summed E-state index contributed by atoms with van der Waals surface area (Å²) < 4.78 is 0. The third kappa shape index (κ3) is 3.15. The highest BCUT2D eigenvalue weighted by atomic mass is 16.4. The molecule has 108 valence electrons. The fraction of sp³-hybridized carbons (Fsp3) is 0. The van der Waals surface area contributed by atoms with Gasteiger partial charge in [0.2, 0.25) is 0 Å². The van der Waals surface area contributed by atoms with Gasteiger partial charge in [-0.3, -0.25) is 14.8 Å². The quantitative estimate of drug-likeness (QED) is 0.426. The van der Waals surface area contributed by atoms with E-state index in [2.05, 4.69) is 19.9 Å². The van der Waals surface area contributed by atoms with Crippen molar-refractivity contribution in [3.63, 3.8) is 0 Å². The number of rotatable bonds is 1. The second-order valence-electron chi connectivity index (χ2n) is 3.86. The van der Waals surface area contributed by atoms with Gasteiger partial charge in [-0.15, -0.1) is 0 Å². The molecular weight excluding hydrogens is 280 g/mol. The number of phenols is 1. The van der Waals surface area contributed by atoms with Crippen molar-refractivity contribution in [2.24, 2.45) is 0 Å².